The smallest absolute Gasteiger partial charge is 0.124 e. The molecule has 0 aliphatic carbocycles. The first kappa shape index (κ1) is 12.7. The normalized spacial score (nSPS) is 10.3. The van der Waals surface area contributed by atoms with Gasteiger partial charge in [0.15, 0.2) is 0 Å². The number of benzene rings is 2. The largest absolute Gasteiger partial charge is 0.489 e. The molecule has 0 saturated carbocycles. The fourth-order valence-corrected chi connectivity index (χ4v) is 2.27. The average molecular weight is 359 g/mol. The predicted molar refractivity (Wildman–Crippen MR) is 79.7 cm³/mol. The minimum Gasteiger partial charge on any atom is -0.489 e. The van der Waals surface area contributed by atoms with E-state index in [0.29, 0.717) is 6.61 Å². The van der Waals surface area contributed by atoms with E-state index in [1.165, 1.54) is 0 Å². The van der Waals surface area contributed by atoms with Crippen LogP contribution in [0.15, 0.2) is 42.5 Å². The van der Waals surface area contributed by atoms with Gasteiger partial charge in [0.1, 0.15) is 12.4 Å². The van der Waals surface area contributed by atoms with Crippen LogP contribution >= 0.6 is 34.2 Å². The first-order valence-corrected chi connectivity index (χ1v) is 6.75. The van der Waals surface area contributed by atoms with E-state index in [0.717, 1.165) is 25.5 Å². The van der Waals surface area contributed by atoms with E-state index < -0.39 is 0 Å². The third-order valence-electron chi connectivity index (χ3n) is 2.53. The molecule has 88 valence electrons. The third kappa shape index (κ3) is 3.13. The molecule has 0 heterocycles. The highest BCUT2D eigenvalue weighted by Gasteiger charge is 2.07. The van der Waals surface area contributed by atoms with Gasteiger partial charge >= 0.3 is 0 Å². The fourth-order valence-electron chi connectivity index (χ4n) is 1.53. The van der Waals surface area contributed by atoms with Crippen LogP contribution in [0.4, 0.5) is 0 Å². The van der Waals surface area contributed by atoms with Crippen molar-refractivity contribution in [2.24, 2.45) is 0 Å². The molecule has 0 fully saturated rings. The summed E-state index contributed by atoms with van der Waals surface area (Å²) in [6.07, 6.45) is 0. The van der Waals surface area contributed by atoms with Crippen molar-refractivity contribution in [1.82, 2.24) is 0 Å². The van der Waals surface area contributed by atoms with Gasteiger partial charge in [0, 0.05) is 9.13 Å². The van der Waals surface area contributed by atoms with E-state index >= 15 is 0 Å². The standard InChI is InChI=1S/C14H12ClIO/c1-10-13(8-7-12(16)14(10)15)17-9-11-5-3-2-4-6-11/h2-8H,9H2,1H3. The molecule has 0 aliphatic heterocycles. The van der Waals surface area contributed by atoms with Gasteiger partial charge in [-0.3, -0.25) is 0 Å². The van der Waals surface area contributed by atoms with Crippen molar-refractivity contribution < 1.29 is 4.74 Å². The summed E-state index contributed by atoms with van der Waals surface area (Å²) in [6.45, 7) is 2.55. The van der Waals surface area contributed by atoms with Gasteiger partial charge in [-0.2, -0.15) is 0 Å². The molecule has 2 aromatic rings. The van der Waals surface area contributed by atoms with Crippen LogP contribution in [-0.2, 0) is 6.61 Å². The van der Waals surface area contributed by atoms with Gasteiger partial charge in [0.05, 0.1) is 5.02 Å². The Morgan fingerprint density at radius 1 is 1.12 bits per heavy atom. The summed E-state index contributed by atoms with van der Waals surface area (Å²) in [5.74, 6) is 0.847. The summed E-state index contributed by atoms with van der Waals surface area (Å²) in [6, 6.07) is 14.0. The number of halogens is 2. The number of ether oxygens (including phenoxy) is 1. The lowest BCUT2D eigenvalue weighted by Gasteiger charge is -2.11. The Kier molecular flexibility index (Phi) is 4.29. The Bertz CT molecular complexity index is 511. The van der Waals surface area contributed by atoms with E-state index in [1.54, 1.807) is 0 Å². The molecule has 0 aromatic heterocycles. The minimum absolute atomic E-state index is 0.568. The molecule has 0 spiro atoms. The number of rotatable bonds is 3. The van der Waals surface area contributed by atoms with Crippen LogP contribution in [0.25, 0.3) is 0 Å². The highest BCUT2D eigenvalue weighted by molar-refractivity contribution is 14.1. The van der Waals surface area contributed by atoms with Crippen molar-refractivity contribution in [3.8, 4) is 5.75 Å². The fraction of sp³-hybridized carbons (Fsp3) is 0.143. The zero-order valence-electron chi connectivity index (χ0n) is 9.41. The van der Waals surface area contributed by atoms with Crippen molar-refractivity contribution >= 4 is 34.2 Å². The van der Waals surface area contributed by atoms with Gasteiger partial charge in [-0.25, -0.2) is 0 Å². The number of hydrogen-bond donors (Lipinski definition) is 0. The molecule has 2 aromatic carbocycles. The molecule has 0 atom stereocenters. The predicted octanol–water partition coefficient (Wildman–Crippen LogP) is 4.83. The summed E-state index contributed by atoms with van der Waals surface area (Å²) in [4.78, 5) is 0. The molecular weight excluding hydrogens is 347 g/mol. The molecular formula is C14H12ClIO. The van der Waals surface area contributed by atoms with Crippen LogP contribution in [0.1, 0.15) is 11.1 Å². The van der Waals surface area contributed by atoms with Crippen LogP contribution in [0.5, 0.6) is 5.75 Å². The summed E-state index contributed by atoms with van der Waals surface area (Å²) in [5.41, 5.74) is 2.15. The molecule has 0 radical (unpaired) electrons. The maximum atomic E-state index is 6.18. The van der Waals surface area contributed by atoms with Crippen molar-refractivity contribution in [2.75, 3.05) is 0 Å². The molecule has 2 rings (SSSR count). The average Bonchev–Trinajstić information content (AvgIpc) is 2.36. The lowest BCUT2D eigenvalue weighted by atomic mass is 10.2. The van der Waals surface area contributed by atoms with Gasteiger partial charge in [-0.15, -0.1) is 0 Å². The van der Waals surface area contributed by atoms with Gasteiger partial charge in [-0.1, -0.05) is 41.9 Å². The molecule has 0 amide bonds. The van der Waals surface area contributed by atoms with Gasteiger partial charge in [0.2, 0.25) is 0 Å². The first-order valence-electron chi connectivity index (χ1n) is 5.30. The molecule has 0 aliphatic rings. The van der Waals surface area contributed by atoms with Crippen LogP contribution in [0, 0.1) is 10.5 Å². The second kappa shape index (κ2) is 5.74. The lowest BCUT2D eigenvalue weighted by Crippen LogP contribution is -1.97. The monoisotopic (exact) mass is 358 g/mol. The summed E-state index contributed by atoms with van der Waals surface area (Å²) in [5, 5.41) is 0.774. The quantitative estimate of drug-likeness (QED) is 0.714. The van der Waals surface area contributed by atoms with Crippen LogP contribution in [0.2, 0.25) is 5.02 Å². The lowest BCUT2D eigenvalue weighted by molar-refractivity contribution is 0.304. The Morgan fingerprint density at radius 2 is 1.82 bits per heavy atom. The Balaban J connectivity index is 2.13. The van der Waals surface area contributed by atoms with Crippen LogP contribution < -0.4 is 4.74 Å². The highest BCUT2D eigenvalue weighted by atomic mass is 127. The summed E-state index contributed by atoms with van der Waals surface area (Å²) < 4.78 is 6.82. The van der Waals surface area contributed by atoms with E-state index in [4.69, 9.17) is 16.3 Å². The number of hydrogen-bond acceptors (Lipinski definition) is 1. The Hall–Kier alpha value is -0.740. The Labute approximate surface area is 120 Å². The zero-order valence-corrected chi connectivity index (χ0v) is 12.3. The topological polar surface area (TPSA) is 9.23 Å². The summed E-state index contributed by atoms with van der Waals surface area (Å²) in [7, 11) is 0. The maximum Gasteiger partial charge on any atom is 0.124 e. The minimum atomic E-state index is 0.568. The van der Waals surface area contributed by atoms with Gasteiger partial charge in [-0.05, 0) is 47.2 Å². The van der Waals surface area contributed by atoms with Gasteiger partial charge in [0.25, 0.3) is 0 Å². The molecule has 17 heavy (non-hydrogen) atoms. The maximum absolute atomic E-state index is 6.18. The molecule has 0 bridgehead atoms. The van der Waals surface area contributed by atoms with Crippen LogP contribution in [-0.4, -0.2) is 0 Å². The highest BCUT2D eigenvalue weighted by Crippen LogP contribution is 2.30. The Morgan fingerprint density at radius 3 is 2.53 bits per heavy atom. The van der Waals surface area contributed by atoms with Crippen molar-refractivity contribution in [3.05, 3.63) is 62.2 Å². The second-order valence-electron chi connectivity index (χ2n) is 3.76. The van der Waals surface area contributed by atoms with Crippen LogP contribution in [0.3, 0.4) is 0 Å². The molecule has 3 heteroatoms. The summed E-state index contributed by atoms with van der Waals surface area (Å²) >= 11 is 8.40. The van der Waals surface area contributed by atoms with Gasteiger partial charge < -0.3 is 4.74 Å². The van der Waals surface area contributed by atoms with Crippen molar-refractivity contribution in [3.63, 3.8) is 0 Å². The van der Waals surface area contributed by atoms with E-state index in [9.17, 15) is 0 Å². The van der Waals surface area contributed by atoms with Crippen molar-refractivity contribution in [2.45, 2.75) is 13.5 Å². The second-order valence-corrected chi connectivity index (χ2v) is 5.30. The van der Waals surface area contributed by atoms with E-state index in [1.807, 2.05) is 49.4 Å². The SMILES string of the molecule is Cc1c(OCc2ccccc2)ccc(I)c1Cl. The first-order chi connectivity index (χ1) is 8.18. The molecule has 0 saturated heterocycles. The third-order valence-corrected chi connectivity index (χ3v) is 4.23. The molecule has 0 unspecified atom stereocenters. The molecule has 0 N–H and O–H groups in total. The zero-order chi connectivity index (χ0) is 12.3. The van der Waals surface area contributed by atoms with E-state index in [-0.39, 0.29) is 0 Å². The van der Waals surface area contributed by atoms with Crippen molar-refractivity contribution in [1.29, 1.82) is 0 Å². The molecule has 1 nitrogen and oxygen atoms in total. The van der Waals surface area contributed by atoms with E-state index in [2.05, 4.69) is 22.6 Å².